The van der Waals surface area contributed by atoms with Crippen molar-refractivity contribution in [1.29, 1.82) is 0 Å². The Balaban J connectivity index is 1.50. The van der Waals surface area contributed by atoms with E-state index in [-0.39, 0.29) is 17.8 Å². The Kier molecular flexibility index (Phi) is 4.35. The zero-order valence-corrected chi connectivity index (χ0v) is 13.7. The molecule has 1 amide bonds. The Labute approximate surface area is 145 Å². The molecule has 0 N–H and O–H groups in total. The number of nitrogens with zero attached hydrogens (tertiary/aromatic N) is 4. The van der Waals surface area contributed by atoms with E-state index in [2.05, 4.69) is 27.3 Å². The van der Waals surface area contributed by atoms with E-state index >= 15 is 0 Å². The number of benzene rings is 2. The third kappa shape index (κ3) is 3.34. The van der Waals surface area contributed by atoms with Gasteiger partial charge in [-0.2, -0.15) is 0 Å². The van der Waals surface area contributed by atoms with Gasteiger partial charge in [-0.3, -0.25) is 4.79 Å². The van der Waals surface area contributed by atoms with Crippen molar-refractivity contribution in [3.63, 3.8) is 0 Å². The predicted molar refractivity (Wildman–Crippen MR) is 93.0 cm³/mol. The largest absolute Gasteiger partial charge is 0.372 e. The van der Waals surface area contributed by atoms with Crippen molar-refractivity contribution in [2.75, 3.05) is 19.7 Å². The number of ether oxygens (including phenoxy) is 1. The number of hydrogen-bond donors (Lipinski definition) is 0. The lowest BCUT2D eigenvalue weighted by molar-refractivity contribution is 0.0582. The maximum Gasteiger partial charge on any atom is 0.293 e. The highest BCUT2D eigenvalue weighted by Crippen LogP contribution is 2.24. The molecule has 3 aromatic rings. The maximum absolute atomic E-state index is 12.7. The van der Waals surface area contributed by atoms with E-state index < -0.39 is 0 Å². The molecule has 6 nitrogen and oxygen atoms in total. The van der Waals surface area contributed by atoms with E-state index in [4.69, 9.17) is 4.74 Å². The van der Waals surface area contributed by atoms with Crippen LogP contribution in [0, 0.1) is 0 Å². The van der Waals surface area contributed by atoms with Crippen LogP contribution in [0.1, 0.15) is 28.7 Å². The summed E-state index contributed by atoms with van der Waals surface area (Å²) in [7, 11) is 0. The van der Waals surface area contributed by atoms with Crippen molar-refractivity contribution in [3.05, 3.63) is 66.0 Å². The van der Waals surface area contributed by atoms with Gasteiger partial charge in [-0.05, 0) is 24.1 Å². The summed E-state index contributed by atoms with van der Waals surface area (Å²) in [4.78, 5) is 18.8. The Hall–Kier alpha value is -2.86. The zero-order chi connectivity index (χ0) is 17.1. The standard InChI is InChI=1S/C19H18N4O2/c24-19(18-20-15-8-4-5-9-16(15)21-22-18)23-11-10-17(25-13-12-23)14-6-2-1-3-7-14/h1-9,17H,10-13H2. The monoisotopic (exact) mass is 334 g/mol. The summed E-state index contributed by atoms with van der Waals surface area (Å²) in [6, 6.07) is 17.5. The van der Waals surface area contributed by atoms with Crippen LogP contribution in [0.5, 0.6) is 0 Å². The molecule has 1 unspecified atom stereocenters. The van der Waals surface area contributed by atoms with Crippen LogP contribution >= 0.6 is 0 Å². The fourth-order valence-electron chi connectivity index (χ4n) is 3.02. The van der Waals surface area contributed by atoms with Gasteiger partial charge in [0.25, 0.3) is 5.91 Å². The summed E-state index contributed by atoms with van der Waals surface area (Å²) < 4.78 is 5.93. The molecule has 2 heterocycles. The normalized spacial score (nSPS) is 18.1. The molecule has 4 rings (SSSR count). The summed E-state index contributed by atoms with van der Waals surface area (Å²) in [6.45, 7) is 1.62. The second-order valence-corrected chi connectivity index (χ2v) is 5.98. The number of carbonyl (C=O) groups excluding carboxylic acids is 1. The second kappa shape index (κ2) is 6.94. The molecule has 1 aromatic heterocycles. The molecule has 0 spiro atoms. The molecule has 25 heavy (non-hydrogen) atoms. The lowest BCUT2D eigenvalue weighted by Gasteiger charge is -2.18. The molecule has 1 atom stereocenters. The van der Waals surface area contributed by atoms with Gasteiger partial charge in [0.1, 0.15) is 5.52 Å². The molecule has 0 radical (unpaired) electrons. The molecule has 0 aliphatic carbocycles. The number of carbonyl (C=O) groups is 1. The van der Waals surface area contributed by atoms with E-state index in [0.717, 1.165) is 12.0 Å². The van der Waals surface area contributed by atoms with Gasteiger partial charge in [-0.25, -0.2) is 4.98 Å². The summed E-state index contributed by atoms with van der Waals surface area (Å²) in [6.07, 6.45) is 0.756. The minimum atomic E-state index is -0.199. The molecule has 6 heteroatoms. The van der Waals surface area contributed by atoms with Gasteiger partial charge < -0.3 is 9.64 Å². The Morgan fingerprint density at radius 3 is 2.56 bits per heavy atom. The third-order valence-corrected chi connectivity index (χ3v) is 4.35. The molecule has 1 saturated heterocycles. The summed E-state index contributed by atoms with van der Waals surface area (Å²) in [5, 5.41) is 8.09. The van der Waals surface area contributed by atoms with Crippen LogP contribution in [-0.4, -0.2) is 45.7 Å². The van der Waals surface area contributed by atoms with Crippen molar-refractivity contribution < 1.29 is 9.53 Å². The first-order valence-corrected chi connectivity index (χ1v) is 8.36. The van der Waals surface area contributed by atoms with Gasteiger partial charge in [0.15, 0.2) is 0 Å². The Morgan fingerprint density at radius 1 is 0.960 bits per heavy atom. The van der Waals surface area contributed by atoms with Crippen molar-refractivity contribution in [3.8, 4) is 0 Å². The van der Waals surface area contributed by atoms with Crippen molar-refractivity contribution >= 4 is 16.9 Å². The molecule has 1 aliphatic rings. The highest BCUT2D eigenvalue weighted by atomic mass is 16.5. The SMILES string of the molecule is O=C(c1nnc2ccccc2n1)N1CCOC(c2ccccc2)CC1. The fraction of sp³-hybridized carbons (Fsp3) is 0.263. The average Bonchev–Trinajstić information content (AvgIpc) is 2.94. The smallest absolute Gasteiger partial charge is 0.293 e. The fourth-order valence-corrected chi connectivity index (χ4v) is 3.02. The van der Waals surface area contributed by atoms with E-state index in [1.54, 1.807) is 4.90 Å². The topological polar surface area (TPSA) is 68.2 Å². The van der Waals surface area contributed by atoms with E-state index in [0.29, 0.717) is 30.7 Å². The predicted octanol–water partition coefficient (Wildman–Crippen LogP) is 2.63. The molecule has 0 bridgehead atoms. The summed E-state index contributed by atoms with van der Waals surface area (Å²) >= 11 is 0. The highest BCUT2D eigenvalue weighted by molar-refractivity contribution is 5.91. The molecular formula is C19H18N4O2. The lowest BCUT2D eigenvalue weighted by atomic mass is 10.1. The van der Waals surface area contributed by atoms with Crippen LogP contribution in [-0.2, 0) is 4.74 Å². The first kappa shape index (κ1) is 15.7. The molecular weight excluding hydrogens is 316 g/mol. The Bertz CT molecular complexity index is 885. The van der Waals surface area contributed by atoms with Crippen molar-refractivity contribution in [2.45, 2.75) is 12.5 Å². The van der Waals surface area contributed by atoms with Gasteiger partial charge in [0, 0.05) is 13.1 Å². The minimum Gasteiger partial charge on any atom is -0.372 e. The molecule has 126 valence electrons. The van der Waals surface area contributed by atoms with E-state index in [9.17, 15) is 4.79 Å². The Morgan fingerprint density at radius 2 is 1.72 bits per heavy atom. The van der Waals surface area contributed by atoms with Gasteiger partial charge in [0.2, 0.25) is 5.82 Å². The summed E-state index contributed by atoms with van der Waals surface area (Å²) in [5.74, 6) is -0.0626. The van der Waals surface area contributed by atoms with Gasteiger partial charge in [-0.15, -0.1) is 10.2 Å². The third-order valence-electron chi connectivity index (χ3n) is 4.35. The lowest BCUT2D eigenvalue weighted by Crippen LogP contribution is -2.34. The van der Waals surface area contributed by atoms with Crippen LogP contribution in [0.25, 0.3) is 11.0 Å². The molecule has 1 aliphatic heterocycles. The minimum absolute atomic E-state index is 0.00893. The second-order valence-electron chi connectivity index (χ2n) is 5.98. The molecule has 1 fully saturated rings. The number of para-hydroxylation sites is 1. The van der Waals surface area contributed by atoms with E-state index in [1.165, 1.54) is 0 Å². The van der Waals surface area contributed by atoms with Crippen LogP contribution in [0.15, 0.2) is 54.6 Å². The quantitative estimate of drug-likeness (QED) is 0.721. The van der Waals surface area contributed by atoms with Crippen molar-refractivity contribution in [1.82, 2.24) is 20.1 Å². The number of fused-ring (bicyclic) bond motifs is 1. The first-order valence-electron chi connectivity index (χ1n) is 8.36. The number of amides is 1. The van der Waals surface area contributed by atoms with Gasteiger partial charge in [0.05, 0.1) is 18.2 Å². The summed E-state index contributed by atoms with van der Waals surface area (Å²) in [5.41, 5.74) is 2.50. The van der Waals surface area contributed by atoms with Crippen LogP contribution < -0.4 is 0 Å². The average molecular weight is 334 g/mol. The maximum atomic E-state index is 12.7. The van der Waals surface area contributed by atoms with Crippen LogP contribution in [0.4, 0.5) is 0 Å². The van der Waals surface area contributed by atoms with E-state index in [1.807, 2.05) is 42.5 Å². The number of aromatic nitrogens is 3. The van der Waals surface area contributed by atoms with Gasteiger partial charge >= 0.3 is 0 Å². The molecule has 2 aromatic carbocycles. The molecule has 0 saturated carbocycles. The van der Waals surface area contributed by atoms with Crippen LogP contribution in [0.3, 0.4) is 0 Å². The first-order chi connectivity index (χ1) is 12.3. The van der Waals surface area contributed by atoms with Crippen LogP contribution in [0.2, 0.25) is 0 Å². The van der Waals surface area contributed by atoms with Crippen molar-refractivity contribution in [2.24, 2.45) is 0 Å². The zero-order valence-electron chi connectivity index (χ0n) is 13.7. The number of hydrogen-bond acceptors (Lipinski definition) is 5. The van der Waals surface area contributed by atoms with Gasteiger partial charge in [-0.1, -0.05) is 42.5 Å². The number of rotatable bonds is 2. The highest BCUT2D eigenvalue weighted by Gasteiger charge is 2.24.